The highest BCUT2D eigenvalue weighted by Crippen LogP contribution is 2.47. The molecule has 1 aromatic carbocycles. The Kier molecular flexibility index (Phi) is 3.26. The monoisotopic (exact) mass is 279 g/mol. The van der Waals surface area contributed by atoms with Crippen LogP contribution in [-0.4, -0.2) is 17.8 Å². The third-order valence-corrected chi connectivity index (χ3v) is 4.74. The molecular weight excluding hydrogens is 257 g/mol. The molecule has 20 heavy (non-hydrogen) atoms. The lowest BCUT2D eigenvalue weighted by atomic mass is 9.75. The molecule has 3 rings (SSSR count). The molecule has 2 aliphatic rings. The standard InChI is InChI=1S/C16H22FNO2/c1-3-15(2)10-16(6-7-19-15)9-13(18)12-8-11(17)4-5-14(12)20-16/h4-5,8,13H,3,6-7,9-10,18H2,1-2H3/t13-,15?,16?/m0/s1. The average molecular weight is 279 g/mol. The summed E-state index contributed by atoms with van der Waals surface area (Å²) in [7, 11) is 0. The van der Waals surface area contributed by atoms with Crippen molar-refractivity contribution in [2.45, 2.75) is 56.8 Å². The van der Waals surface area contributed by atoms with Crippen molar-refractivity contribution in [2.75, 3.05) is 6.61 Å². The number of rotatable bonds is 1. The fraction of sp³-hybridized carbons (Fsp3) is 0.625. The molecule has 0 bridgehead atoms. The first kappa shape index (κ1) is 13.8. The molecule has 110 valence electrons. The Balaban J connectivity index is 1.92. The van der Waals surface area contributed by atoms with Gasteiger partial charge in [0.05, 0.1) is 12.2 Å². The molecule has 1 spiro atoms. The van der Waals surface area contributed by atoms with Crippen LogP contribution in [0.15, 0.2) is 18.2 Å². The van der Waals surface area contributed by atoms with E-state index in [1.807, 2.05) is 0 Å². The molecule has 0 amide bonds. The van der Waals surface area contributed by atoms with E-state index in [9.17, 15) is 4.39 Å². The van der Waals surface area contributed by atoms with Gasteiger partial charge in [-0.3, -0.25) is 0 Å². The molecule has 0 radical (unpaired) electrons. The fourth-order valence-corrected chi connectivity index (χ4v) is 3.48. The molecular formula is C16H22FNO2. The van der Waals surface area contributed by atoms with Crippen molar-refractivity contribution < 1.29 is 13.9 Å². The summed E-state index contributed by atoms with van der Waals surface area (Å²) in [6, 6.07) is 4.45. The lowest BCUT2D eigenvalue weighted by Gasteiger charge is -2.49. The van der Waals surface area contributed by atoms with Gasteiger partial charge in [0.15, 0.2) is 0 Å². The summed E-state index contributed by atoms with van der Waals surface area (Å²) in [4.78, 5) is 0. The van der Waals surface area contributed by atoms with Crippen LogP contribution in [0, 0.1) is 5.82 Å². The Morgan fingerprint density at radius 1 is 1.45 bits per heavy atom. The van der Waals surface area contributed by atoms with Crippen molar-refractivity contribution in [3.05, 3.63) is 29.6 Å². The number of fused-ring (bicyclic) bond motifs is 1. The highest BCUT2D eigenvalue weighted by Gasteiger charge is 2.47. The summed E-state index contributed by atoms with van der Waals surface area (Å²) in [5.74, 6) is 0.467. The minimum absolute atomic E-state index is 0.157. The lowest BCUT2D eigenvalue weighted by molar-refractivity contribution is -0.151. The molecule has 4 heteroatoms. The summed E-state index contributed by atoms with van der Waals surface area (Å²) in [6.07, 6.45) is 3.35. The molecule has 2 N–H and O–H groups in total. The second kappa shape index (κ2) is 4.71. The number of hydrogen-bond acceptors (Lipinski definition) is 3. The van der Waals surface area contributed by atoms with Gasteiger partial charge in [0.2, 0.25) is 0 Å². The number of benzene rings is 1. The minimum Gasteiger partial charge on any atom is -0.487 e. The molecule has 2 unspecified atom stereocenters. The molecule has 1 fully saturated rings. The number of nitrogens with two attached hydrogens (primary N) is 1. The van der Waals surface area contributed by atoms with Crippen LogP contribution in [0.25, 0.3) is 0 Å². The molecule has 0 aromatic heterocycles. The largest absolute Gasteiger partial charge is 0.487 e. The molecule has 0 aliphatic carbocycles. The highest BCUT2D eigenvalue weighted by atomic mass is 19.1. The van der Waals surface area contributed by atoms with Gasteiger partial charge in [0.25, 0.3) is 0 Å². The Morgan fingerprint density at radius 3 is 3.00 bits per heavy atom. The maximum atomic E-state index is 13.3. The smallest absolute Gasteiger partial charge is 0.125 e. The van der Waals surface area contributed by atoms with E-state index in [0.29, 0.717) is 6.61 Å². The van der Waals surface area contributed by atoms with Gasteiger partial charge in [0, 0.05) is 30.9 Å². The first-order valence-electron chi connectivity index (χ1n) is 7.33. The Bertz CT molecular complexity index is 521. The van der Waals surface area contributed by atoms with E-state index in [1.54, 1.807) is 6.07 Å². The third-order valence-electron chi connectivity index (χ3n) is 4.74. The van der Waals surface area contributed by atoms with Crippen molar-refractivity contribution in [1.29, 1.82) is 0 Å². The van der Waals surface area contributed by atoms with Crippen LogP contribution in [0.2, 0.25) is 0 Å². The van der Waals surface area contributed by atoms with E-state index in [0.717, 1.165) is 37.0 Å². The first-order chi connectivity index (χ1) is 9.45. The number of hydrogen-bond donors (Lipinski definition) is 1. The summed E-state index contributed by atoms with van der Waals surface area (Å²) in [5, 5.41) is 0. The SMILES string of the molecule is CCC1(C)CC2(CCO1)C[C@H](N)c1cc(F)ccc1O2. The summed E-state index contributed by atoms with van der Waals surface area (Å²) < 4.78 is 25.5. The van der Waals surface area contributed by atoms with Crippen molar-refractivity contribution in [1.82, 2.24) is 0 Å². The predicted molar refractivity (Wildman–Crippen MR) is 75.2 cm³/mol. The number of halogens is 1. The van der Waals surface area contributed by atoms with Crippen LogP contribution in [0.4, 0.5) is 4.39 Å². The molecule has 0 saturated carbocycles. The maximum absolute atomic E-state index is 13.3. The highest BCUT2D eigenvalue weighted by molar-refractivity contribution is 5.39. The molecule has 3 nitrogen and oxygen atoms in total. The Labute approximate surface area is 119 Å². The van der Waals surface area contributed by atoms with E-state index < -0.39 is 0 Å². The zero-order chi connectivity index (χ0) is 14.4. The van der Waals surface area contributed by atoms with Crippen LogP contribution in [-0.2, 0) is 4.74 Å². The summed E-state index contributed by atoms with van der Waals surface area (Å²) in [6.45, 7) is 4.95. The second-order valence-electron chi connectivity index (χ2n) is 6.36. The topological polar surface area (TPSA) is 44.5 Å². The van der Waals surface area contributed by atoms with Gasteiger partial charge in [0.1, 0.15) is 17.2 Å². The third kappa shape index (κ3) is 2.31. The van der Waals surface area contributed by atoms with E-state index in [2.05, 4.69) is 13.8 Å². The van der Waals surface area contributed by atoms with Gasteiger partial charge >= 0.3 is 0 Å². The lowest BCUT2D eigenvalue weighted by Crippen LogP contribution is -2.53. The maximum Gasteiger partial charge on any atom is 0.125 e. The van der Waals surface area contributed by atoms with Gasteiger partial charge in [-0.25, -0.2) is 4.39 Å². The van der Waals surface area contributed by atoms with E-state index in [4.69, 9.17) is 15.2 Å². The normalized spacial score (nSPS) is 36.5. The zero-order valence-corrected chi connectivity index (χ0v) is 12.1. The Hall–Kier alpha value is -1.13. The second-order valence-corrected chi connectivity index (χ2v) is 6.36. The van der Waals surface area contributed by atoms with Gasteiger partial charge in [-0.1, -0.05) is 6.92 Å². The van der Waals surface area contributed by atoms with Crippen molar-refractivity contribution in [2.24, 2.45) is 5.73 Å². The predicted octanol–water partition coefficient (Wildman–Crippen LogP) is 3.33. The van der Waals surface area contributed by atoms with Gasteiger partial charge in [-0.15, -0.1) is 0 Å². The van der Waals surface area contributed by atoms with E-state index in [1.165, 1.54) is 12.1 Å². The molecule has 3 atom stereocenters. The van der Waals surface area contributed by atoms with Gasteiger partial charge in [-0.2, -0.15) is 0 Å². The molecule has 1 saturated heterocycles. The van der Waals surface area contributed by atoms with Crippen LogP contribution in [0.5, 0.6) is 5.75 Å². The zero-order valence-electron chi connectivity index (χ0n) is 12.1. The average Bonchev–Trinajstić information content (AvgIpc) is 2.40. The van der Waals surface area contributed by atoms with E-state index >= 15 is 0 Å². The van der Waals surface area contributed by atoms with Crippen molar-refractivity contribution >= 4 is 0 Å². The quantitative estimate of drug-likeness (QED) is 0.857. The van der Waals surface area contributed by atoms with Crippen LogP contribution >= 0.6 is 0 Å². The molecule has 2 heterocycles. The summed E-state index contributed by atoms with van der Waals surface area (Å²) >= 11 is 0. The van der Waals surface area contributed by atoms with E-state index in [-0.39, 0.29) is 23.1 Å². The van der Waals surface area contributed by atoms with Crippen LogP contribution in [0.1, 0.15) is 51.1 Å². The number of ether oxygens (including phenoxy) is 2. The fourth-order valence-electron chi connectivity index (χ4n) is 3.48. The summed E-state index contributed by atoms with van der Waals surface area (Å²) in [5.41, 5.74) is 6.61. The van der Waals surface area contributed by atoms with Gasteiger partial charge in [-0.05, 0) is 31.5 Å². The minimum atomic E-state index is -0.271. The first-order valence-corrected chi connectivity index (χ1v) is 7.33. The Morgan fingerprint density at radius 2 is 2.25 bits per heavy atom. The van der Waals surface area contributed by atoms with Crippen LogP contribution < -0.4 is 10.5 Å². The van der Waals surface area contributed by atoms with Crippen molar-refractivity contribution in [3.8, 4) is 5.75 Å². The van der Waals surface area contributed by atoms with Gasteiger partial charge < -0.3 is 15.2 Å². The van der Waals surface area contributed by atoms with Crippen LogP contribution in [0.3, 0.4) is 0 Å². The molecule has 2 aliphatic heterocycles. The van der Waals surface area contributed by atoms with Crippen molar-refractivity contribution in [3.63, 3.8) is 0 Å². The molecule has 1 aromatic rings.